The molecule has 0 aliphatic rings. The minimum atomic E-state index is -0.267. The third kappa shape index (κ3) is 5.34. The molecule has 0 amide bonds. The first-order chi connectivity index (χ1) is 8.77. The number of hydrogen-bond donors (Lipinski definition) is 2. The Morgan fingerprint density at radius 2 is 2.22 bits per heavy atom. The second-order valence-electron chi connectivity index (χ2n) is 4.28. The van der Waals surface area contributed by atoms with Crippen LogP contribution in [-0.4, -0.2) is 24.4 Å². The number of aliphatic hydroxyl groups excluding tert-OH is 1. The lowest BCUT2D eigenvalue weighted by Crippen LogP contribution is -2.26. The Morgan fingerprint density at radius 3 is 2.94 bits per heavy atom. The summed E-state index contributed by atoms with van der Waals surface area (Å²) in [5, 5.41) is 12.9. The second-order valence-corrected chi connectivity index (χ2v) is 4.28. The molecule has 1 aromatic rings. The molecular formula is C15H23NO2. The van der Waals surface area contributed by atoms with Gasteiger partial charge in [-0.25, -0.2) is 0 Å². The molecule has 0 spiro atoms. The molecule has 3 nitrogen and oxygen atoms in total. The van der Waals surface area contributed by atoms with Crippen molar-refractivity contribution < 1.29 is 9.84 Å². The average molecular weight is 249 g/mol. The van der Waals surface area contributed by atoms with Crippen LogP contribution in [0.15, 0.2) is 36.9 Å². The number of rotatable bonds is 9. The zero-order chi connectivity index (χ0) is 13.2. The van der Waals surface area contributed by atoms with E-state index < -0.39 is 0 Å². The third-order valence-electron chi connectivity index (χ3n) is 2.65. The van der Waals surface area contributed by atoms with Gasteiger partial charge < -0.3 is 15.2 Å². The summed E-state index contributed by atoms with van der Waals surface area (Å²) >= 11 is 0. The van der Waals surface area contributed by atoms with E-state index in [1.807, 2.05) is 24.3 Å². The smallest absolute Gasteiger partial charge is 0.124 e. The first-order valence-electron chi connectivity index (χ1n) is 6.48. The van der Waals surface area contributed by atoms with Gasteiger partial charge in [-0.05, 0) is 12.5 Å². The summed E-state index contributed by atoms with van der Waals surface area (Å²) in [5.41, 5.74) is 1.10. The molecule has 0 aliphatic heterocycles. The van der Waals surface area contributed by atoms with Crippen molar-refractivity contribution in [1.29, 1.82) is 0 Å². The van der Waals surface area contributed by atoms with Gasteiger partial charge in [-0.15, -0.1) is 0 Å². The van der Waals surface area contributed by atoms with Crippen LogP contribution in [0.25, 0.3) is 0 Å². The molecule has 1 rings (SSSR count). The Bertz CT molecular complexity index is 352. The van der Waals surface area contributed by atoms with E-state index in [4.69, 9.17) is 4.74 Å². The quantitative estimate of drug-likeness (QED) is 0.661. The molecule has 1 unspecified atom stereocenters. The normalized spacial score (nSPS) is 12.1. The molecule has 0 saturated carbocycles. The van der Waals surface area contributed by atoms with Crippen LogP contribution in [0.2, 0.25) is 0 Å². The Balaban J connectivity index is 2.43. The zero-order valence-electron chi connectivity index (χ0n) is 11.1. The Labute approximate surface area is 109 Å². The number of aliphatic hydroxyl groups is 1. The lowest BCUT2D eigenvalue weighted by Gasteiger charge is -2.13. The summed E-state index contributed by atoms with van der Waals surface area (Å²) in [6, 6.07) is 7.91. The summed E-state index contributed by atoms with van der Waals surface area (Å²) in [7, 11) is 0. The van der Waals surface area contributed by atoms with Crippen molar-refractivity contribution in [3.8, 4) is 5.75 Å². The van der Waals surface area contributed by atoms with Crippen molar-refractivity contribution in [2.75, 3.05) is 13.2 Å². The lowest BCUT2D eigenvalue weighted by molar-refractivity contribution is 0.160. The van der Waals surface area contributed by atoms with Crippen molar-refractivity contribution in [1.82, 2.24) is 5.32 Å². The van der Waals surface area contributed by atoms with Gasteiger partial charge in [-0.1, -0.05) is 44.2 Å². The Kier molecular flexibility index (Phi) is 7.14. The molecule has 3 heteroatoms. The Hall–Kier alpha value is -1.32. The van der Waals surface area contributed by atoms with Crippen LogP contribution in [-0.2, 0) is 6.54 Å². The molecule has 1 aromatic carbocycles. The van der Waals surface area contributed by atoms with Crippen LogP contribution in [0, 0.1) is 0 Å². The molecule has 2 N–H and O–H groups in total. The molecule has 0 radical (unpaired) electrons. The standard InChI is InChI=1S/C15H23NO2/c1-3-7-14(17)12-16-11-13-8-5-6-9-15(13)18-10-4-2/h4-6,8-9,14,16-17H,2-3,7,10-12H2,1H3. The molecule has 0 aliphatic carbocycles. The van der Waals surface area contributed by atoms with E-state index in [-0.39, 0.29) is 6.10 Å². The molecule has 100 valence electrons. The number of para-hydroxylation sites is 1. The van der Waals surface area contributed by atoms with Crippen LogP contribution in [0.1, 0.15) is 25.3 Å². The lowest BCUT2D eigenvalue weighted by atomic mass is 10.2. The van der Waals surface area contributed by atoms with Crippen LogP contribution in [0.3, 0.4) is 0 Å². The largest absolute Gasteiger partial charge is 0.489 e. The van der Waals surface area contributed by atoms with Crippen LogP contribution < -0.4 is 10.1 Å². The predicted molar refractivity (Wildman–Crippen MR) is 74.8 cm³/mol. The van der Waals surface area contributed by atoms with Gasteiger partial charge >= 0.3 is 0 Å². The van der Waals surface area contributed by atoms with E-state index in [0.717, 1.165) is 24.2 Å². The van der Waals surface area contributed by atoms with Gasteiger partial charge in [-0.3, -0.25) is 0 Å². The highest BCUT2D eigenvalue weighted by Gasteiger charge is 2.04. The maximum Gasteiger partial charge on any atom is 0.124 e. The van der Waals surface area contributed by atoms with Crippen molar-refractivity contribution in [2.45, 2.75) is 32.4 Å². The van der Waals surface area contributed by atoms with E-state index >= 15 is 0 Å². The minimum Gasteiger partial charge on any atom is -0.489 e. The maximum absolute atomic E-state index is 9.63. The first-order valence-corrected chi connectivity index (χ1v) is 6.48. The van der Waals surface area contributed by atoms with Gasteiger partial charge in [0.05, 0.1) is 6.10 Å². The van der Waals surface area contributed by atoms with Crippen molar-refractivity contribution in [3.63, 3.8) is 0 Å². The van der Waals surface area contributed by atoms with Crippen LogP contribution >= 0.6 is 0 Å². The first kappa shape index (κ1) is 14.7. The number of benzene rings is 1. The van der Waals surface area contributed by atoms with Gasteiger partial charge in [-0.2, -0.15) is 0 Å². The van der Waals surface area contributed by atoms with Crippen LogP contribution in [0.5, 0.6) is 5.75 Å². The molecule has 0 fully saturated rings. The molecular weight excluding hydrogens is 226 g/mol. The molecule has 0 heterocycles. The molecule has 18 heavy (non-hydrogen) atoms. The van der Waals surface area contributed by atoms with Crippen molar-refractivity contribution >= 4 is 0 Å². The van der Waals surface area contributed by atoms with Gasteiger partial charge in [0.15, 0.2) is 0 Å². The highest BCUT2D eigenvalue weighted by atomic mass is 16.5. The summed E-state index contributed by atoms with van der Waals surface area (Å²) in [6.07, 6.45) is 3.30. The average Bonchev–Trinajstić information content (AvgIpc) is 2.38. The number of hydrogen-bond acceptors (Lipinski definition) is 3. The van der Waals surface area contributed by atoms with Gasteiger partial charge in [0.25, 0.3) is 0 Å². The van der Waals surface area contributed by atoms with E-state index in [1.54, 1.807) is 6.08 Å². The fraction of sp³-hybridized carbons (Fsp3) is 0.467. The van der Waals surface area contributed by atoms with E-state index in [2.05, 4.69) is 18.8 Å². The summed E-state index contributed by atoms with van der Waals surface area (Å²) in [5.74, 6) is 0.870. The summed E-state index contributed by atoms with van der Waals surface area (Å²) < 4.78 is 5.57. The SMILES string of the molecule is C=CCOc1ccccc1CNCC(O)CCC. The van der Waals surface area contributed by atoms with Gasteiger partial charge in [0, 0.05) is 18.7 Å². The minimum absolute atomic E-state index is 0.267. The van der Waals surface area contributed by atoms with E-state index in [9.17, 15) is 5.11 Å². The zero-order valence-corrected chi connectivity index (χ0v) is 11.1. The van der Waals surface area contributed by atoms with Gasteiger partial charge in [0.2, 0.25) is 0 Å². The molecule has 0 saturated heterocycles. The summed E-state index contributed by atoms with van der Waals surface area (Å²) in [6.45, 7) is 7.54. The number of ether oxygens (including phenoxy) is 1. The highest BCUT2D eigenvalue weighted by molar-refractivity contribution is 5.33. The number of nitrogens with one attached hydrogen (secondary N) is 1. The third-order valence-corrected chi connectivity index (χ3v) is 2.65. The maximum atomic E-state index is 9.63. The van der Waals surface area contributed by atoms with E-state index in [1.165, 1.54) is 0 Å². The van der Waals surface area contributed by atoms with Crippen LogP contribution in [0.4, 0.5) is 0 Å². The Morgan fingerprint density at radius 1 is 1.44 bits per heavy atom. The van der Waals surface area contributed by atoms with Crippen molar-refractivity contribution in [2.24, 2.45) is 0 Å². The van der Waals surface area contributed by atoms with Crippen molar-refractivity contribution in [3.05, 3.63) is 42.5 Å². The molecule has 0 aromatic heterocycles. The molecule has 1 atom stereocenters. The predicted octanol–water partition coefficient (Wildman–Crippen LogP) is 2.50. The van der Waals surface area contributed by atoms with E-state index in [0.29, 0.717) is 19.7 Å². The highest BCUT2D eigenvalue weighted by Crippen LogP contribution is 2.17. The fourth-order valence-corrected chi connectivity index (χ4v) is 1.75. The fourth-order valence-electron chi connectivity index (χ4n) is 1.75. The van der Waals surface area contributed by atoms with Gasteiger partial charge in [0.1, 0.15) is 12.4 Å². The molecule has 0 bridgehead atoms. The summed E-state index contributed by atoms with van der Waals surface area (Å²) in [4.78, 5) is 0. The second kappa shape index (κ2) is 8.72. The topological polar surface area (TPSA) is 41.5 Å². The monoisotopic (exact) mass is 249 g/mol.